The largest absolute Gasteiger partial charge is 0.494 e. The topological polar surface area (TPSA) is 64.6 Å². The van der Waals surface area contributed by atoms with Crippen molar-refractivity contribution in [3.8, 4) is 5.75 Å². The first kappa shape index (κ1) is 17.0. The average molecular weight is 293 g/mol. The van der Waals surface area contributed by atoms with Crippen LogP contribution in [-0.2, 0) is 16.0 Å². The fraction of sp³-hybridized carbons (Fsp3) is 0.500. The fourth-order valence-corrected chi connectivity index (χ4v) is 1.78. The number of amides is 1. The monoisotopic (exact) mass is 293 g/mol. The number of hydrogen-bond acceptors (Lipinski definition) is 4. The lowest BCUT2D eigenvalue weighted by atomic mass is 10.1. The van der Waals surface area contributed by atoms with E-state index >= 15 is 0 Å². The molecule has 0 bridgehead atoms. The van der Waals surface area contributed by atoms with Crippen molar-refractivity contribution < 1.29 is 19.1 Å². The Morgan fingerprint density at radius 1 is 1.24 bits per heavy atom. The Bertz CT molecular complexity index is 517. The van der Waals surface area contributed by atoms with Gasteiger partial charge in [-0.15, -0.1) is 0 Å². The Morgan fingerprint density at radius 3 is 2.43 bits per heavy atom. The number of nitrogens with one attached hydrogen (secondary N) is 1. The van der Waals surface area contributed by atoms with Gasteiger partial charge >= 0.3 is 6.09 Å². The maximum absolute atomic E-state index is 11.8. The molecule has 1 N–H and O–H groups in total. The summed E-state index contributed by atoms with van der Waals surface area (Å²) < 4.78 is 10.6. The van der Waals surface area contributed by atoms with Crippen molar-refractivity contribution in [3.05, 3.63) is 23.8 Å². The van der Waals surface area contributed by atoms with Gasteiger partial charge in [0.05, 0.1) is 6.61 Å². The zero-order chi connectivity index (χ0) is 16.0. The molecule has 1 rings (SSSR count). The van der Waals surface area contributed by atoms with Gasteiger partial charge in [0.15, 0.2) is 0 Å². The van der Waals surface area contributed by atoms with Gasteiger partial charge in [-0.2, -0.15) is 0 Å². The van der Waals surface area contributed by atoms with Crippen molar-refractivity contribution in [1.29, 1.82) is 0 Å². The van der Waals surface area contributed by atoms with Crippen LogP contribution in [0.1, 0.15) is 40.2 Å². The third-order valence-corrected chi connectivity index (χ3v) is 2.46. The predicted octanol–water partition coefficient (Wildman–Crippen LogP) is 3.56. The SMILES string of the molecule is CCOc1ccc(NC(=O)OC(C)(C)C)c(CC(C)=O)c1. The first-order chi connectivity index (χ1) is 9.71. The summed E-state index contributed by atoms with van der Waals surface area (Å²) in [4.78, 5) is 23.2. The first-order valence-electron chi connectivity index (χ1n) is 6.96. The van der Waals surface area contributed by atoms with Gasteiger partial charge in [0.1, 0.15) is 17.1 Å². The van der Waals surface area contributed by atoms with Crippen LogP contribution in [-0.4, -0.2) is 24.1 Å². The molecule has 0 aromatic heterocycles. The summed E-state index contributed by atoms with van der Waals surface area (Å²) in [5, 5.41) is 2.67. The lowest BCUT2D eigenvalue weighted by Gasteiger charge is -2.20. The van der Waals surface area contributed by atoms with E-state index in [0.717, 1.165) is 0 Å². The molecule has 5 nitrogen and oxygen atoms in total. The third kappa shape index (κ3) is 6.29. The summed E-state index contributed by atoms with van der Waals surface area (Å²) in [6.07, 6.45) is -0.317. The molecule has 0 spiro atoms. The fourth-order valence-electron chi connectivity index (χ4n) is 1.78. The van der Waals surface area contributed by atoms with E-state index in [1.54, 1.807) is 39.0 Å². The molecule has 21 heavy (non-hydrogen) atoms. The molecular formula is C16H23NO4. The number of ketones is 1. The zero-order valence-corrected chi connectivity index (χ0v) is 13.3. The van der Waals surface area contributed by atoms with E-state index in [0.29, 0.717) is 23.6 Å². The highest BCUT2D eigenvalue weighted by molar-refractivity contribution is 5.88. The number of hydrogen-bond donors (Lipinski definition) is 1. The highest BCUT2D eigenvalue weighted by atomic mass is 16.6. The van der Waals surface area contributed by atoms with E-state index in [1.807, 2.05) is 6.92 Å². The predicted molar refractivity (Wildman–Crippen MR) is 81.9 cm³/mol. The molecule has 0 unspecified atom stereocenters. The van der Waals surface area contributed by atoms with Crippen molar-refractivity contribution >= 4 is 17.6 Å². The number of Topliss-reactive ketones (excluding diaryl/α,β-unsaturated/α-hetero) is 1. The second-order valence-electron chi connectivity index (χ2n) is 5.76. The van der Waals surface area contributed by atoms with Crippen molar-refractivity contribution in [1.82, 2.24) is 0 Å². The van der Waals surface area contributed by atoms with Crippen molar-refractivity contribution in [3.63, 3.8) is 0 Å². The maximum atomic E-state index is 11.8. The van der Waals surface area contributed by atoms with Crippen LogP contribution in [0.3, 0.4) is 0 Å². The molecule has 5 heteroatoms. The number of carbonyl (C=O) groups is 2. The Balaban J connectivity index is 2.94. The molecule has 0 aliphatic rings. The van der Waals surface area contributed by atoms with E-state index in [9.17, 15) is 9.59 Å². The van der Waals surface area contributed by atoms with E-state index in [-0.39, 0.29) is 12.2 Å². The van der Waals surface area contributed by atoms with Crippen LogP contribution in [0.2, 0.25) is 0 Å². The van der Waals surface area contributed by atoms with Gasteiger partial charge in [-0.3, -0.25) is 10.1 Å². The summed E-state index contributed by atoms with van der Waals surface area (Å²) in [6, 6.07) is 5.23. The van der Waals surface area contributed by atoms with E-state index in [2.05, 4.69) is 5.32 Å². The summed E-state index contributed by atoms with van der Waals surface area (Å²) in [6.45, 7) is 9.31. The minimum absolute atomic E-state index is 0.0101. The van der Waals surface area contributed by atoms with Crippen LogP contribution in [0.15, 0.2) is 18.2 Å². The van der Waals surface area contributed by atoms with Crippen LogP contribution in [0.25, 0.3) is 0 Å². The van der Waals surface area contributed by atoms with Crippen LogP contribution in [0, 0.1) is 0 Å². The van der Waals surface area contributed by atoms with Gasteiger partial charge in [-0.1, -0.05) is 0 Å². The molecule has 0 fully saturated rings. The molecule has 1 aromatic rings. The molecular weight excluding hydrogens is 270 g/mol. The summed E-state index contributed by atoms with van der Waals surface area (Å²) in [5.41, 5.74) is 0.693. The highest BCUT2D eigenvalue weighted by Gasteiger charge is 2.17. The zero-order valence-electron chi connectivity index (χ0n) is 13.3. The number of anilines is 1. The average Bonchev–Trinajstić information content (AvgIpc) is 2.29. The number of rotatable bonds is 5. The van der Waals surface area contributed by atoms with Crippen LogP contribution < -0.4 is 10.1 Å². The Kier molecular flexibility index (Phi) is 5.76. The van der Waals surface area contributed by atoms with E-state index in [1.165, 1.54) is 6.92 Å². The number of ether oxygens (including phenoxy) is 2. The molecule has 0 radical (unpaired) electrons. The van der Waals surface area contributed by atoms with Crippen LogP contribution in [0.5, 0.6) is 5.75 Å². The number of carbonyl (C=O) groups excluding carboxylic acids is 2. The molecule has 1 amide bonds. The van der Waals surface area contributed by atoms with E-state index < -0.39 is 11.7 Å². The maximum Gasteiger partial charge on any atom is 0.412 e. The van der Waals surface area contributed by atoms with E-state index in [4.69, 9.17) is 9.47 Å². The van der Waals surface area contributed by atoms with Crippen LogP contribution in [0.4, 0.5) is 10.5 Å². The molecule has 0 saturated carbocycles. The standard InChI is InChI=1S/C16H23NO4/c1-6-20-13-7-8-14(12(10-13)9-11(2)18)17-15(19)21-16(3,4)5/h7-8,10H,6,9H2,1-5H3,(H,17,19). The Morgan fingerprint density at radius 2 is 1.90 bits per heavy atom. The van der Waals surface area contributed by atoms with Crippen LogP contribution >= 0.6 is 0 Å². The Labute approximate surface area is 125 Å². The molecule has 1 aromatic carbocycles. The second-order valence-corrected chi connectivity index (χ2v) is 5.76. The highest BCUT2D eigenvalue weighted by Crippen LogP contribution is 2.24. The van der Waals surface area contributed by atoms with Gasteiger partial charge < -0.3 is 9.47 Å². The second kappa shape index (κ2) is 7.11. The quantitative estimate of drug-likeness (QED) is 0.901. The summed E-state index contributed by atoms with van der Waals surface area (Å²) in [5.74, 6) is 0.680. The molecule has 116 valence electrons. The van der Waals surface area contributed by atoms with Gasteiger partial charge in [-0.25, -0.2) is 4.79 Å². The van der Waals surface area contributed by atoms with Gasteiger partial charge in [0.25, 0.3) is 0 Å². The van der Waals surface area contributed by atoms with Gasteiger partial charge in [0, 0.05) is 12.1 Å². The van der Waals surface area contributed by atoms with Gasteiger partial charge in [-0.05, 0) is 58.4 Å². The molecule has 0 aliphatic carbocycles. The third-order valence-electron chi connectivity index (χ3n) is 2.46. The smallest absolute Gasteiger partial charge is 0.412 e. The van der Waals surface area contributed by atoms with Crippen molar-refractivity contribution in [2.75, 3.05) is 11.9 Å². The molecule has 0 saturated heterocycles. The van der Waals surface area contributed by atoms with Crippen molar-refractivity contribution in [2.24, 2.45) is 0 Å². The van der Waals surface area contributed by atoms with Crippen molar-refractivity contribution in [2.45, 2.75) is 46.6 Å². The number of benzene rings is 1. The first-order valence-corrected chi connectivity index (χ1v) is 6.96. The lowest BCUT2D eigenvalue weighted by molar-refractivity contribution is -0.116. The minimum Gasteiger partial charge on any atom is -0.494 e. The summed E-state index contributed by atoms with van der Waals surface area (Å²) >= 11 is 0. The normalized spacial score (nSPS) is 10.9. The lowest BCUT2D eigenvalue weighted by Crippen LogP contribution is -2.27. The molecule has 0 atom stereocenters. The summed E-state index contributed by atoms with van der Waals surface area (Å²) in [7, 11) is 0. The Hall–Kier alpha value is -2.04. The molecule has 0 heterocycles. The minimum atomic E-state index is -0.573. The molecule has 0 aliphatic heterocycles. The van der Waals surface area contributed by atoms with Gasteiger partial charge in [0.2, 0.25) is 0 Å².